The molecule has 0 aliphatic carbocycles. The molecule has 0 saturated heterocycles. The van der Waals surface area contributed by atoms with E-state index in [4.69, 9.17) is 0 Å². The number of fused-ring (bicyclic) bond motifs is 1. The third-order valence-corrected chi connectivity index (χ3v) is 5.84. The van der Waals surface area contributed by atoms with Crippen LogP contribution in [0.5, 0.6) is 0 Å². The Morgan fingerprint density at radius 2 is 1.28 bits per heavy atom. The van der Waals surface area contributed by atoms with E-state index in [0.29, 0.717) is 5.56 Å². The van der Waals surface area contributed by atoms with Gasteiger partial charge < -0.3 is 0 Å². The van der Waals surface area contributed by atoms with E-state index in [0.717, 1.165) is 10.5 Å². The highest BCUT2D eigenvalue weighted by atomic mass is 32.2. The van der Waals surface area contributed by atoms with Crippen molar-refractivity contribution in [1.82, 2.24) is 4.90 Å². The topological polar surface area (TPSA) is 83.9 Å². The molecule has 29 heavy (non-hydrogen) atoms. The fraction of sp³-hybridized carbons (Fsp3) is 0.0455. The third-order valence-electron chi connectivity index (χ3n) is 4.56. The zero-order valence-corrected chi connectivity index (χ0v) is 16.3. The number of nitrogens with zero attached hydrogens (tertiary/aromatic N) is 2. The number of hydrogen-bond donors (Lipinski definition) is 0. The van der Waals surface area contributed by atoms with Crippen molar-refractivity contribution in [3.8, 4) is 0 Å². The number of imide groups is 1. The normalized spacial score (nSPS) is 14.2. The Morgan fingerprint density at radius 3 is 1.83 bits per heavy atom. The molecule has 6 nitrogen and oxygen atoms in total. The summed E-state index contributed by atoms with van der Waals surface area (Å²) in [7, 11) is -4.15. The van der Waals surface area contributed by atoms with E-state index < -0.39 is 21.8 Å². The van der Waals surface area contributed by atoms with Crippen molar-refractivity contribution < 1.29 is 18.0 Å². The molecule has 1 heterocycles. The highest BCUT2D eigenvalue weighted by molar-refractivity contribution is 7.90. The van der Waals surface area contributed by atoms with Crippen molar-refractivity contribution in [2.24, 2.45) is 4.40 Å². The van der Waals surface area contributed by atoms with Gasteiger partial charge in [-0.1, -0.05) is 60.2 Å². The lowest BCUT2D eigenvalue weighted by Crippen LogP contribution is -2.37. The van der Waals surface area contributed by atoms with E-state index >= 15 is 0 Å². The Hall–Kier alpha value is -3.58. The van der Waals surface area contributed by atoms with Gasteiger partial charge in [0.1, 0.15) is 0 Å². The van der Waals surface area contributed by atoms with Gasteiger partial charge >= 0.3 is 0 Å². The molecule has 1 aliphatic rings. The van der Waals surface area contributed by atoms with Gasteiger partial charge in [0.15, 0.2) is 5.84 Å². The molecule has 7 heteroatoms. The van der Waals surface area contributed by atoms with Gasteiger partial charge in [-0.15, -0.1) is 4.40 Å². The first-order valence-electron chi connectivity index (χ1n) is 8.83. The fourth-order valence-electron chi connectivity index (χ4n) is 3.07. The summed E-state index contributed by atoms with van der Waals surface area (Å²) in [6, 6.07) is 20.9. The summed E-state index contributed by atoms with van der Waals surface area (Å²) in [4.78, 5) is 26.6. The third kappa shape index (κ3) is 3.36. The molecule has 0 saturated carbocycles. The predicted octanol–water partition coefficient (Wildman–Crippen LogP) is 3.43. The average Bonchev–Trinajstić information content (AvgIpc) is 2.98. The average molecular weight is 404 g/mol. The molecular weight excluding hydrogens is 388 g/mol. The second-order valence-corrected chi connectivity index (χ2v) is 8.16. The van der Waals surface area contributed by atoms with Crippen LogP contribution in [0, 0.1) is 6.92 Å². The van der Waals surface area contributed by atoms with E-state index in [-0.39, 0.29) is 21.9 Å². The molecular formula is C22H16N2O4S. The smallest absolute Gasteiger partial charge is 0.268 e. The summed E-state index contributed by atoms with van der Waals surface area (Å²) in [5.74, 6) is -1.43. The van der Waals surface area contributed by atoms with Crippen LogP contribution in [0.25, 0.3) is 0 Å². The SMILES string of the molecule is Cc1ccc(S(=O)(=O)/N=C(\c2ccccc2)N2C(=O)c3ccccc3C2=O)cc1. The maximum atomic E-state index is 12.9. The lowest BCUT2D eigenvalue weighted by molar-refractivity contribution is 0.0749. The van der Waals surface area contributed by atoms with Gasteiger partial charge in [-0.3, -0.25) is 9.59 Å². The van der Waals surface area contributed by atoms with Crippen molar-refractivity contribution in [1.29, 1.82) is 0 Å². The van der Waals surface area contributed by atoms with E-state index in [1.54, 1.807) is 54.6 Å². The number of amidine groups is 1. The Labute approximate surface area is 168 Å². The van der Waals surface area contributed by atoms with Crippen LogP contribution in [0.15, 0.2) is 88.2 Å². The molecule has 3 aromatic carbocycles. The lowest BCUT2D eigenvalue weighted by Gasteiger charge is -2.17. The molecule has 0 bridgehead atoms. The van der Waals surface area contributed by atoms with Gasteiger partial charge in [0.05, 0.1) is 16.0 Å². The minimum Gasteiger partial charge on any atom is -0.268 e. The largest absolute Gasteiger partial charge is 0.284 e. The molecule has 0 spiro atoms. The number of hydrogen-bond acceptors (Lipinski definition) is 4. The fourth-order valence-corrected chi connectivity index (χ4v) is 4.07. The number of amides is 2. The van der Waals surface area contributed by atoms with Gasteiger partial charge in [0.25, 0.3) is 21.8 Å². The van der Waals surface area contributed by atoms with Gasteiger partial charge in [0.2, 0.25) is 0 Å². The summed E-state index contributed by atoms with van der Waals surface area (Å²) < 4.78 is 29.8. The van der Waals surface area contributed by atoms with Crippen LogP contribution in [0.2, 0.25) is 0 Å². The van der Waals surface area contributed by atoms with Crippen LogP contribution >= 0.6 is 0 Å². The van der Waals surface area contributed by atoms with E-state index in [2.05, 4.69) is 4.40 Å². The van der Waals surface area contributed by atoms with Gasteiger partial charge in [-0.2, -0.15) is 8.42 Å². The Balaban J connectivity index is 1.89. The first kappa shape index (κ1) is 18.8. The summed E-state index contributed by atoms with van der Waals surface area (Å²) >= 11 is 0. The van der Waals surface area contributed by atoms with Crippen LogP contribution in [-0.4, -0.2) is 31.0 Å². The van der Waals surface area contributed by atoms with Crippen LogP contribution in [0.3, 0.4) is 0 Å². The van der Waals surface area contributed by atoms with Gasteiger partial charge in [0, 0.05) is 5.56 Å². The molecule has 0 aromatic heterocycles. The van der Waals surface area contributed by atoms with E-state index in [9.17, 15) is 18.0 Å². The number of sulfonamides is 1. The van der Waals surface area contributed by atoms with Crippen LogP contribution in [0.1, 0.15) is 31.8 Å². The molecule has 3 aromatic rings. The molecule has 0 fully saturated rings. The van der Waals surface area contributed by atoms with Crippen molar-refractivity contribution in [3.05, 3.63) is 101 Å². The van der Waals surface area contributed by atoms with Gasteiger partial charge in [-0.25, -0.2) is 4.90 Å². The van der Waals surface area contributed by atoms with Crippen LogP contribution in [-0.2, 0) is 10.0 Å². The predicted molar refractivity (Wildman–Crippen MR) is 108 cm³/mol. The van der Waals surface area contributed by atoms with Crippen molar-refractivity contribution in [3.63, 3.8) is 0 Å². The lowest BCUT2D eigenvalue weighted by atomic mass is 10.1. The number of rotatable bonds is 3. The summed E-state index contributed by atoms with van der Waals surface area (Å²) in [5, 5.41) is 0. The zero-order chi connectivity index (χ0) is 20.6. The van der Waals surface area contributed by atoms with Gasteiger partial charge in [-0.05, 0) is 31.2 Å². The highest BCUT2D eigenvalue weighted by Gasteiger charge is 2.39. The van der Waals surface area contributed by atoms with E-state index in [1.165, 1.54) is 24.3 Å². The number of carbonyl (C=O) groups excluding carboxylic acids is 2. The monoisotopic (exact) mass is 404 g/mol. The molecule has 1 aliphatic heterocycles. The summed E-state index contributed by atoms with van der Waals surface area (Å²) in [5.41, 5.74) is 1.68. The molecule has 144 valence electrons. The summed E-state index contributed by atoms with van der Waals surface area (Å²) in [6.07, 6.45) is 0. The van der Waals surface area contributed by atoms with Crippen molar-refractivity contribution in [2.45, 2.75) is 11.8 Å². The molecule has 4 rings (SSSR count). The molecule has 0 N–H and O–H groups in total. The maximum absolute atomic E-state index is 12.9. The van der Waals surface area contributed by atoms with Crippen molar-refractivity contribution in [2.75, 3.05) is 0 Å². The highest BCUT2D eigenvalue weighted by Crippen LogP contribution is 2.26. The maximum Gasteiger partial charge on any atom is 0.284 e. The first-order valence-corrected chi connectivity index (χ1v) is 10.3. The Kier molecular flexibility index (Phi) is 4.60. The van der Waals surface area contributed by atoms with Crippen LogP contribution in [0.4, 0.5) is 0 Å². The zero-order valence-electron chi connectivity index (χ0n) is 15.4. The molecule has 2 amide bonds. The number of benzene rings is 3. The molecule has 0 radical (unpaired) electrons. The number of carbonyl (C=O) groups is 2. The Morgan fingerprint density at radius 1 is 0.759 bits per heavy atom. The Bertz CT molecular complexity index is 1210. The van der Waals surface area contributed by atoms with Crippen LogP contribution < -0.4 is 0 Å². The molecule has 0 atom stereocenters. The number of aryl methyl sites for hydroxylation is 1. The second-order valence-electron chi connectivity index (χ2n) is 6.56. The summed E-state index contributed by atoms with van der Waals surface area (Å²) in [6.45, 7) is 1.84. The second kappa shape index (κ2) is 7.10. The van der Waals surface area contributed by atoms with E-state index in [1.807, 2.05) is 6.92 Å². The van der Waals surface area contributed by atoms with Crippen molar-refractivity contribution >= 4 is 27.7 Å². The first-order chi connectivity index (χ1) is 13.9. The minimum absolute atomic E-state index is 0.0202. The molecule has 0 unspecified atom stereocenters. The minimum atomic E-state index is -4.15. The standard InChI is InChI=1S/C22H16N2O4S/c1-15-11-13-17(14-12-15)29(27,28)23-20(16-7-3-2-4-8-16)24-21(25)18-9-5-6-10-19(18)22(24)26/h2-14H,1H3/b23-20+. The quantitative estimate of drug-likeness (QED) is 0.380.